The van der Waals surface area contributed by atoms with Crippen molar-refractivity contribution in [1.82, 2.24) is 0 Å². The molecule has 0 fully saturated rings. The van der Waals surface area contributed by atoms with E-state index in [1.165, 1.54) is 0 Å². The summed E-state index contributed by atoms with van der Waals surface area (Å²) in [6.07, 6.45) is 0.806. The number of carbonyl (C=O) groups is 1. The van der Waals surface area contributed by atoms with E-state index in [9.17, 15) is 4.79 Å². The molecule has 0 aromatic rings. The van der Waals surface area contributed by atoms with Crippen LogP contribution in [-0.4, -0.2) is 66.8 Å². The number of hydrogen-bond acceptors (Lipinski definition) is 5. The third kappa shape index (κ3) is 12.5. The van der Waals surface area contributed by atoms with Gasteiger partial charge in [0.2, 0.25) is 0 Å². The fourth-order valence-electron chi connectivity index (χ4n) is 1.95. The van der Waals surface area contributed by atoms with Crippen LogP contribution in [0.25, 0.3) is 0 Å². The fourth-order valence-corrected chi connectivity index (χ4v) is 17.9. The smallest absolute Gasteiger partial charge is 0.333 e. The van der Waals surface area contributed by atoms with Gasteiger partial charge in [-0.1, -0.05) is 13.5 Å². The largest absolute Gasteiger partial charge is 0.462 e. The van der Waals surface area contributed by atoms with Crippen LogP contribution in [0.2, 0.25) is 63.2 Å². The van der Waals surface area contributed by atoms with Gasteiger partial charge in [-0.2, -0.15) is 0 Å². The zero-order valence-corrected chi connectivity index (χ0v) is 26.5. The van der Waals surface area contributed by atoms with Crippen molar-refractivity contribution in [3.8, 4) is 0 Å². The predicted molar refractivity (Wildman–Crippen MR) is 132 cm³/mol. The maximum atomic E-state index is 12.7. The number of esters is 1. The number of rotatable bonds is 13. The van der Waals surface area contributed by atoms with Gasteiger partial charge in [0, 0.05) is 9.86 Å². The molecule has 0 bridgehead atoms. The van der Waals surface area contributed by atoms with Gasteiger partial charge in [0.25, 0.3) is 0 Å². The number of carbonyl (C=O) groups excluding carboxylic acids is 1. The maximum absolute atomic E-state index is 12.7. The van der Waals surface area contributed by atoms with E-state index >= 15 is 0 Å². The standard InChI is InChI=1S/C16H42O5Si6/c1-12-13-18-15(17)14(2)16(22-19-25(3,4)5,23-20-26(6,7)8)24-21-27(9,10)11/h2,12-13,22-24H2,1,3-11H3. The normalized spacial score (nSPS) is 16.7. The summed E-state index contributed by atoms with van der Waals surface area (Å²) in [5.74, 6) is -0.276. The van der Waals surface area contributed by atoms with Crippen LogP contribution >= 0.6 is 0 Å². The van der Waals surface area contributed by atoms with Crippen molar-refractivity contribution in [3.05, 3.63) is 12.2 Å². The highest BCUT2D eigenvalue weighted by molar-refractivity contribution is 6.87. The van der Waals surface area contributed by atoms with Crippen LogP contribution in [0.3, 0.4) is 0 Å². The van der Waals surface area contributed by atoms with Crippen LogP contribution in [0, 0.1) is 0 Å². The Kier molecular flexibility index (Phi) is 11.1. The summed E-state index contributed by atoms with van der Waals surface area (Å²) < 4.78 is 24.5. The second kappa shape index (κ2) is 11.0. The van der Waals surface area contributed by atoms with Gasteiger partial charge in [-0.15, -0.1) is 0 Å². The van der Waals surface area contributed by atoms with Crippen molar-refractivity contribution in [2.75, 3.05) is 6.61 Å². The topological polar surface area (TPSA) is 54.0 Å². The Morgan fingerprint density at radius 2 is 1.15 bits per heavy atom. The molecule has 5 nitrogen and oxygen atoms in total. The molecule has 160 valence electrons. The molecule has 11 heteroatoms. The van der Waals surface area contributed by atoms with E-state index in [-0.39, 0.29) is 10.3 Å². The van der Waals surface area contributed by atoms with Crippen LogP contribution in [0.5, 0.6) is 0 Å². The number of hydrogen-bond donors (Lipinski definition) is 0. The summed E-state index contributed by atoms with van der Waals surface area (Å²) in [6.45, 7) is 26.4. The zero-order valence-electron chi connectivity index (χ0n) is 19.3. The van der Waals surface area contributed by atoms with Gasteiger partial charge in [-0.05, 0) is 65.3 Å². The van der Waals surface area contributed by atoms with Gasteiger partial charge in [0.1, 0.15) is 0 Å². The van der Waals surface area contributed by atoms with Crippen molar-refractivity contribution in [2.45, 2.75) is 76.6 Å². The Morgan fingerprint density at radius 3 is 1.41 bits per heavy atom. The lowest BCUT2D eigenvalue weighted by molar-refractivity contribution is -0.139. The molecule has 0 aromatic heterocycles. The molecule has 0 saturated carbocycles. The summed E-state index contributed by atoms with van der Waals surface area (Å²) in [5.41, 5.74) is 0.579. The molecular formula is C16H42O5Si6. The van der Waals surface area contributed by atoms with Gasteiger partial charge >= 0.3 is 5.97 Å². The molecule has 0 aliphatic heterocycles. The van der Waals surface area contributed by atoms with Gasteiger partial charge in [0.05, 0.1) is 6.61 Å². The molecule has 0 saturated heterocycles. The first-order valence-electron chi connectivity index (χ1n) is 9.80. The molecule has 0 unspecified atom stereocenters. The minimum atomic E-state index is -1.70. The lowest BCUT2D eigenvalue weighted by atomic mass is 10.3. The van der Waals surface area contributed by atoms with Crippen molar-refractivity contribution < 1.29 is 21.9 Å². The van der Waals surface area contributed by atoms with Gasteiger partial charge in [-0.3, -0.25) is 0 Å². The Bertz CT molecular complexity index is 447. The van der Waals surface area contributed by atoms with Crippen molar-refractivity contribution in [3.63, 3.8) is 0 Å². The lowest BCUT2D eigenvalue weighted by Gasteiger charge is -2.38. The van der Waals surface area contributed by atoms with Crippen molar-refractivity contribution in [1.29, 1.82) is 0 Å². The highest BCUT2D eigenvalue weighted by atomic mass is 28.4. The first-order valence-corrected chi connectivity index (χ1v) is 23.9. The SMILES string of the molecule is C=C(C(=O)OCCC)C([SiH2]O[Si](C)(C)C)([SiH2]O[Si](C)(C)C)[SiH2]O[Si](C)(C)C. The fraction of sp³-hybridized carbons (Fsp3) is 0.812. The average molecular weight is 483 g/mol. The average Bonchev–Trinajstić information content (AvgIpc) is 2.49. The molecule has 27 heavy (non-hydrogen) atoms. The van der Waals surface area contributed by atoms with E-state index in [1.807, 2.05) is 6.92 Å². The monoisotopic (exact) mass is 482 g/mol. The summed E-state index contributed by atoms with van der Waals surface area (Å²) in [6, 6.07) is 0. The summed E-state index contributed by atoms with van der Waals surface area (Å²) in [4.78, 5) is 12.7. The number of ether oxygens (including phenoxy) is 1. The quantitative estimate of drug-likeness (QED) is 0.229. The molecular weight excluding hydrogens is 441 g/mol. The second-order valence-corrected chi connectivity index (χ2v) is 34.2. The summed E-state index contributed by atoms with van der Waals surface area (Å²) >= 11 is 0. The summed E-state index contributed by atoms with van der Waals surface area (Å²) in [7, 11) is -8.27. The highest BCUT2D eigenvalue weighted by Crippen LogP contribution is 2.35. The maximum Gasteiger partial charge on any atom is 0.333 e. The first-order chi connectivity index (χ1) is 12.0. The molecule has 0 aliphatic carbocycles. The highest BCUT2D eigenvalue weighted by Gasteiger charge is 2.43. The van der Waals surface area contributed by atoms with Gasteiger partial charge in [0.15, 0.2) is 54.2 Å². The Morgan fingerprint density at radius 1 is 0.815 bits per heavy atom. The van der Waals surface area contributed by atoms with Crippen LogP contribution in [0.4, 0.5) is 0 Å². The zero-order chi connectivity index (χ0) is 21.5. The Balaban J connectivity index is 5.78. The van der Waals surface area contributed by atoms with E-state index in [0.717, 1.165) is 6.42 Å². The Hall–Kier alpha value is 0.391. The van der Waals surface area contributed by atoms with Crippen molar-refractivity contribution >= 4 is 60.2 Å². The van der Waals surface area contributed by atoms with E-state index in [1.54, 1.807) is 0 Å². The van der Waals surface area contributed by atoms with E-state index in [4.69, 9.17) is 17.1 Å². The second-order valence-electron chi connectivity index (χ2n) is 10.1. The van der Waals surface area contributed by atoms with Crippen LogP contribution < -0.4 is 0 Å². The predicted octanol–water partition coefficient (Wildman–Crippen LogP) is 2.38. The van der Waals surface area contributed by atoms with Gasteiger partial charge in [-0.25, -0.2) is 4.79 Å². The van der Waals surface area contributed by atoms with Crippen molar-refractivity contribution in [2.24, 2.45) is 0 Å². The molecule has 0 heterocycles. The molecule has 0 aliphatic rings. The van der Waals surface area contributed by atoms with Crippen LogP contribution in [0.1, 0.15) is 13.3 Å². The Labute approximate surface area is 177 Å². The molecule has 0 aromatic carbocycles. The van der Waals surface area contributed by atoms with E-state index in [2.05, 4.69) is 65.5 Å². The third-order valence-corrected chi connectivity index (χ3v) is 22.4. The molecule has 0 atom stereocenters. The molecule has 0 N–H and O–H groups in total. The molecule has 0 spiro atoms. The van der Waals surface area contributed by atoms with Gasteiger partial charge < -0.3 is 17.1 Å². The van der Waals surface area contributed by atoms with E-state index < -0.39 is 54.2 Å². The molecule has 0 rings (SSSR count). The minimum absolute atomic E-state index is 0.276. The molecule has 0 amide bonds. The minimum Gasteiger partial charge on any atom is -0.462 e. The van der Waals surface area contributed by atoms with Crippen LogP contribution in [0.15, 0.2) is 12.2 Å². The van der Waals surface area contributed by atoms with E-state index in [0.29, 0.717) is 12.2 Å². The molecule has 0 radical (unpaired) electrons. The van der Waals surface area contributed by atoms with Crippen LogP contribution in [-0.2, 0) is 21.9 Å². The third-order valence-electron chi connectivity index (χ3n) is 3.67. The summed E-state index contributed by atoms with van der Waals surface area (Å²) in [5, 5.41) is 0. The lowest BCUT2D eigenvalue weighted by Crippen LogP contribution is -2.49. The first kappa shape index (κ1) is 27.4.